The third-order valence-corrected chi connectivity index (χ3v) is 4.94. The van der Waals surface area contributed by atoms with E-state index in [1.165, 1.54) is 16.1 Å². The molecule has 2 amide bonds. The van der Waals surface area contributed by atoms with Crippen molar-refractivity contribution in [3.63, 3.8) is 0 Å². The van der Waals surface area contributed by atoms with Crippen LogP contribution in [0.5, 0.6) is 0 Å². The molecule has 4 rings (SSSR count). The van der Waals surface area contributed by atoms with Crippen LogP contribution in [0.25, 0.3) is 0 Å². The fraction of sp³-hybridized carbons (Fsp3) is 0.286. The molecule has 0 atom stereocenters. The van der Waals surface area contributed by atoms with Crippen molar-refractivity contribution in [2.24, 2.45) is 5.10 Å². The molecule has 0 spiro atoms. The van der Waals surface area contributed by atoms with Crippen LogP contribution < -0.4 is 5.01 Å². The van der Waals surface area contributed by atoms with Gasteiger partial charge in [-0.3, -0.25) is 9.59 Å². The van der Waals surface area contributed by atoms with Crippen LogP contribution in [-0.4, -0.2) is 29.0 Å². The number of anilines is 1. The summed E-state index contributed by atoms with van der Waals surface area (Å²) >= 11 is 0. The van der Waals surface area contributed by atoms with Crippen LogP contribution in [-0.2, 0) is 22.6 Å². The van der Waals surface area contributed by atoms with E-state index in [9.17, 15) is 9.59 Å². The molecule has 132 valence electrons. The molecule has 0 radical (unpaired) electrons. The topological polar surface area (TPSA) is 53.0 Å². The van der Waals surface area contributed by atoms with Crippen molar-refractivity contribution in [3.05, 3.63) is 65.2 Å². The van der Waals surface area contributed by atoms with Gasteiger partial charge in [0.15, 0.2) is 0 Å². The van der Waals surface area contributed by atoms with Crippen molar-refractivity contribution >= 4 is 23.2 Å². The number of amides is 2. The van der Waals surface area contributed by atoms with Crippen molar-refractivity contribution in [3.8, 4) is 0 Å². The number of hydrazone groups is 1. The summed E-state index contributed by atoms with van der Waals surface area (Å²) in [6.07, 6.45) is 1.57. The lowest BCUT2D eigenvalue weighted by atomic mass is 9.99. The molecule has 2 aliphatic rings. The van der Waals surface area contributed by atoms with E-state index in [4.69, 9.17) is 0 Å². The van der Waals surface area contributed by atoms with Gasteiger partial charge in [0.1, 0.15) is 5.71 Å². The highest BCUT2D eigenvalue weighted by molar-refractivity contribution is 6.40. The van der Waals surface area contributed by atoms with Crippen LogP contribution in [0.2, 0.25) is 0 Å². The Bertz CT molecular complexity index is 904. The molecule has 0 N–H and O–H groups in total. The van der Waals surface area contributed by atoms with Gasteiger partial charge in [-0.15, -0.1) is 0 Å². The summed E-state index contributed by atoms with van der Waals surface area (Å²) in [6, 6.07) is 15.8. The maximum Gasteiger partial charge on any atom is 0.270 e. The predicted octanol–water partition coefficient (Wildman–Crippen LogP) is 3.06. The van der Waals surface area contributed by atoms with Crippen molar-refractivity contribution in [2.75, 3.05) is 11.6 Å². The second kappa shape index (κ2) is 6.75. The Kier molecular flexibility index (Phi) is 4.29. The van der Waals surface area contributed by atoms with Gasteiger partial charge in [0.25, 0.3) is 5.91 Å². The van der Waals surface area contributed by atoms with Crippen LogP contribution in [0.15, 0.2) is 53.6 Å². The molecule has 0 unspecified atom stereocenters. The molecule has 0 fully saturated rings. The number of carbonyl (C=O) groups is 2. The molecule has 0 bridgehead atoms. The van der Waals surface area contributed by atoms with Crippen LogP contribution >= 0.6 is 0 Å². The predicted molar refractivity (Wildman–Crippen MR) is 101 cm³/mol. The smallest absolute Gasteiger partial charge is 0.270 e. The quantitative estimate of drug-likeness (QED) is 0.838. The second-order valence-electron chi connectivity index (χ2n) is 6.84. The van der Waals surface area contributed by atoms with Gasteiger partial charge in [0.05, 0.1) is 5.69 Å². The van der Waals surface area contributed by atoms with Crippen LogP contribution in [0.3, 0.4) is 0 Å². The number of fused-ring (bicyclic) bond motifs is 1. The Labute approximate surface area is 152 Å². The molecule has 0 saturated carbocycles. The first-order chi connectivity index (χ1) is 12.6. The molecule has 2 aromatic carbocycles. The molecule has 0 aliphatic carbocycles. The van der Waals surface area contributed by atoms with Crippen molar-refractivity contribution in [1.29, 1.82) is 0 Å². The Hall–Kier alpha value is -2.95. The first kappa shape index (κ1) is 16.5. The third kappa shape index (κ3) is 3.12. The van der Waals surface area contributed by atoms with Crippen LogP contribution in [0.4, 0.5) is 5.69 Å². The van der Waals surface area contributed by atoms with E-state index in [0.29, 0.717) is 37.3 Å². The lowest BCUT2D eigenvalue weighted by Gasteiger charge is -2.31. The third-order valence-electron chi connectivity index (χ3n) is 4.94. The molecule has 2 heterocycles. The molecule has 26 heavy (non-hydrogen) atoms. The Morgan fingerprint density at radius 2 is 1.81 bits per heavy atom. The zero-order chi connectivity index (χ0) is 18.1. The monoisotopic (exact) mass is 347 g/mol. The average molecular weight is 347 g/mol. The average Bonchev–Trinajstić information content (AvgIpc) is 2.67. The van der Waals surface area contributed by atoms with Crippen molar-refractivity contribution in [1.82, 2.24) is 4.90 Å². The number of aryl methyl sites for hydroxylation is 1. The van der Waals surface area contributed by atoms with Gasteiger partial charge >= 0.3 is 0 Å². The largest absolute Gasteiger partial charge is 0.333 e. The minimum Gasteiger partial charge on any atom is -0.333 e. The summed E-state index contributed by atoms with van der Waals surface area (Å²) in [5.41, 5.74) is 4.72. The molecule has 2 aliphatic heterocycles. The molecule has 0 aromatic heterocycles. The van der Waals surface area contributed by atoms with E-state index in [-0.39, 0.29) is 11.8 Å². The van der Waals surface area contributed by atoms with E-state index < -0.39 is 0 Å². The van der Waals surface area contributed by atoms with Gasteiger partial charge in [-0.05, 0) is 42.2 Å². The molecule has 2 aromatic rings. The second-order valence-corrected chi connectivity index (χ2v) is 6.84. The highest BCUT2D eigenvalue weighted by Gasteiger charge is 2.29. The lowest BCUT2D eigenvalue weighted by Crippen LogP contribution is -2.43. The first-order valence-electron chi connectivity index (χ1n) is 8.95. The summed E-state index contributed by atoms with van der Waals surface area (Å²) < 4.78 is 0. The highest BCUT2D eigenvalue weighted by Crippen LogP contribution is 2.23. The van der Waals surface area contributed by atoms with E-state index >= 15 is 0 Å². The fourth-order valence-corrected chi connectivity index (χ4v) is 3.52. The number of rotatable bonds is 2. The fourth-order valence-electron chi connectivity index (χ4n) is 3.52. The first-order valence-corrected chi connectivity index (χ1v) is 8.95. The minimum atomic E-state index is -0.0730. The van der Waals surface area contributed by atoms with E-state index in [1.807, 2.05) is 48.2 Å². The van der Waals surface area contributed by atoms with Crippen LogP contribution in [0, 0.1) is 6.92 Å². The molecular weight excluding hydrogens is 326 g/mol. The number of hydrogen-bond acceptors (Lipinski definition) is 3. The molecule has 5 nitrogen and oxygen atoms in total. The summed E-state index contributed by atoms with van der Waals surface area (Å²) in [5, 5.41) is 5.79. The minimum absolute atomic E-state index is 0.0651. The summed E-state index contributed by atoms with van der Waals surface area (Å²) in [6.45, 7) is 3.26. The summed E-state index contributed by atoms with van der Waals surface area (Å²) in [4.78, 5) is 27.1. The van der Waals surface area contributed by atoms with E-state index in [0.717, 1.165) is 12.0 Å². The van der Waals surface area contributed by atoms with Gasteiger partial charge in [-0.1, -0.05) is 36.4 Å². The number of benzene rings is 2. The number of carbonyl (C=O) groups excluding carboxylic acids is 2. The Morgan fingerprint density at radius 1 is 1.00 bits per heavy atom. The van der Waals surface area contributed by atoms with Gasteiger partial charge in [0.2, 0.25) is 5.91 Å². The van der Waals surface area contributed by atoms with Gasteiger partial charge in [-0.25, -0.2) is 5.01 Å². The Balaban J connectivity index is 1.58. The van der Waals surface area contributed by atoms with Crippen molar-refractivity contribution < 1.29 is 9.59 Å². The zero-order valence-electron chi connectivity index (χ0n) is 14.8. The molecule has 0 saturated heterocycles. The van der Waals surface area contributed by atoms with Crippen LogP contribution in [0.1, 0.15) is 29.5 Å². The highest BCUT2D eigenvalue weighted by atomic mass is 16.2. The van der Waals surface area contributed by atoms with Gasteiger partial charge < -0.3 is 4.90 Å². The molecule has 5 heteroatoms. The normalized spacial score (nSPS) is 17.0. The van der Waals surface area contributed by atoms with Gasteiger partial charge in [-0.2, -0.15) is 5.10 Å². The van der Waals surface area contributed by atoms with Crippen molar-refractivity contribution in [2.45, 2.75) is 32.7 Å². The molecular formula is C21H21N3O2. The Morgan fingerprint density at radius 3 is 2.62 bits per heavy atom. The lowest BCUT2D eigenvalue weighted by molar-refractivity contribution is -0.125. The van der Waals surface area contributed by atoms with Gasteiger partial charge in [0, 0.05) is 25.9 Å². The van der Waals surface area contributed by atoms with E-state index in [2.05, 4.69) is 17.2 Å². The zero-order valence-corrected chi connectivity index (χ0v) is 14.8. The summed E-state index contributed by atoms with van der Waals surface area (Å²) in [5.74, 6) is -0.138. The number of nitrogens with zero attached hydrogens (tertiary/aromatic N) is 3. The number of hydrogen-bond donors (Lipinski definition) is 0. The maximum atomic E-state index is 13.0. The maximum absolute atomic E-state index is 13.0. The SMILES string of the molecule is Cc1cccc(N2N=C(C(=O)N3CCc4ccccc4C3)CCC2=O)c1. The summed E-state index contributed by atoms with van der Waals surface area (Å²) in [7, 11) is 0. The standard InChI is InChI=1S/C21H21N3O2/c1-15-5-4-8-18(13-15)24-20(25)10-9-19(22-24)21(26)23-12-11-16-6-2-3-7-17(16)14-23/h2-8,13H,9-12,14H2,1H3. The van der Waals surface area contributed by atoms with E-state index in [1.54, 1.807) is 0 Å².